The summed E-state index contributed by atoms with van der Waals surface area (Å²) in [4.78, 5) is 0.769. The predicted molar refractivity (Wildman–Crippen MR) is 75.9 cm³/mol. The summed E-state index contributed by atoms with van der Waals surface area (Å²) in [6.45, 7) is 2.34. The van der Waals surface area contributed by atoms with Crippen molar-refractivity contribution in [2.24, 2.45) is 0 Å². The van der Waals surface area contributed by atoms with Crippen molar-refractivity contribution in [1.82, 2.24) is 5.32 Å². The van der Waals surface area contributed by atoms with E-state index in [0.29, 0.717) is 25.6 Å². The first kappa shape index (κ1) is 13.9. The zero-order valence-corrected chi connectivity index (χ0v) is 12.3. The molecule has 20 heavy (non-hydrogen) atoms. The maximum absolute atomic E-state index is 12.7. The maximum atomic E-state index is 12.7. The van der Waals surface area contributed by atoms with E-state index in [1.54, 1.807) is 0 Å². The van der Waals surface area contributed by atoms with Crippen LogP contribution >= 0.6 is 0 Å². The predicted octanol–water partition coefficient (Wildman–Crippen LogP) is 0.942. The van der Waals surface area contributed by atoms with E-state index in [-0.39, 0.29) is 11.3 Å². The van der Waals surface area contributed by atoms with Crippen LogP contribution in [0.1, 0.15) is 6.42 Å². The molecule has 1 aromatic carbocycles. The Kier molecular flexibility index (Phi) is 4.24. The molecule has 0 aliphatic carbocycles. The second kappa shape index (κ2) is 6.11. The molecule has 1 N–H and O–H groups in total. The lowest BCUT2D eigenvalue weighted by Crippen LogP contribution is -2.47. The van der Waals surface area contributed by atoms with Crippen LogP contribution in [-0.4, -0.2) is 49.0 Å². The zero-order valence-electron chi connectivity index (χ0n) is 11.5. The topological polar surface area (TPSA) is 56.8 Å². The second-order valence-corrected chi connectivity index (χ2v) is 6.57. The van der Waals surface area contributed by atoms with Crippen molar-refractivity contribution in [3.8, 4) is 11.5 Å². The van der Waals surface area contributed by atoms with E-state index in [0.717, 1.165) is 23.7 Å². The Morgan fingerprint density at radius 3 is 2.80 bits per heavy atom. The van der Waals surface area contributed by atoms with Gasteiger partial charge in [0.25, 0.3) is 0 Å². The highest BCUT2D eigenvalue weighted by atomic mass is 32.2. The van der Waals surface area contributed by atoms with Crippen LogP contribution in [0.15, 0.2) is 23.1 Å². The summed E-state index contributed by atoms with van der Waals surface area (Å²) in [6, 6.07) is 5.73. The van der Waals surface area contributed by atoms with Gasteiger partial charge in [-0.15, -0.1) is 0 Å². The van der Waals surface area contributed by atoms with Crippen LogP contribution in [0.4, 0.5) is 0 Å². The van der Waals surface area contributed by atoms with E-state index in [1.165, 1.54) is 0 Å². The molecule has 6 heteroatoms. The number of hydrogen-bond acceptors (Lipinski definition) is 5. The van der Waals surface area contributed by atoms with Gasteiger partial charge in [-0.2, -0.15) is 0 Å². The molecule has 2 heterocycles. The lowest BCUT2D eigenvalue weighted by Gasteiger charge is -2.30. The van der Waals surface area contributed by atoms with Crippen LogP contribution < -0.4 is 14.8 Å². The molecule has 0 saturated carbocycles. The molecule has 2 aliphatic rings. The van der Waals surface area contributed by atoms with Crippen LogP contribution in [0.25, 0.3) is 0 Å². The SMILES string of the molecule is CNC1CCOCC1S(=O)c1ccc2c(c1)OCCO2. The number of rotatable bonds is 3. The first-order chi connectivity index (χ1) is 9.79. The van der Waals surface area contributed by atoms with Crippen LogP contribution in [0.3, 0.4) is 0 Å². The van der Waals surface area contributed by atoms with E-state index >= 15 is 0 Å². The maximum Gasteiger partial charge on any atom is 0.162 e. The molecule has 0 bridgehead atoms. The highest BCUT2D eigenvalue weighted by Crippen LogP contribution is 2.33. The van der Waals surface area contributed by atoms with Crippen LogP contribution in [0.5, 0.6) is 11.5 Å². The average Bonchev–Trinajstić information content (AvgIpc) is 2.53. The van der Waals surface area contributed by atoms with E-state index in [2.05, 4.69) is 5.32 Å². The number of hydrogen-bond donors (Lipinski definition) is 1. The monoisotopic (exact) mass is 297 g/mol. The van der Waals surface area contributed by atoms with Crippen molar-refractivity contribution in [2.45, 2.75) is 22.6 Å². The summed E-state index contributed by atoms with van der Waals surface area (Å²) in [5, 5.41) is 3.21. The Morgan fingerprint density at radius 1 is 1.20 bits per heavy atom. The molecule has 3 unspecified atom stereocenters. The molecule has 0 amide bonds. The summed E-state index contributed by atoms with van der Waals surface area (Å²) >= 11 is 0. The van der Waals surface area contributed by atoms with E-state index in [4.69, 9.17) is 14.2 Å². The molecule has 1 aromatic rings. The van der Waals surface area contributed by atoms with Crippen molar-refractivity contribution >= 4 is 10.8 Å². The minimum Gasteiger partial charge on any atom is -0.486 e. The molecule has 110 valence electrons. The fraction of sp³-hybridized carbons (Fsp3) is 0.571. The van der Waals surface area contributed by atoms with Crippen molar-refractivity contribution < 1.29 is 18.4 Å². The zero-order chi connectivity index (χ0) is 13.9. The Morgan fingerprint density at radius 2 is 2.00 bits per heavy atom. The first-order valence-corrected chi connectivity index (χ1v) is 8.06. The van der Waals surface area contributed by atoms with Gasteiger partial charge in [-0.1, -0.05) is 0 Å². The minimum atomic E-state index is -1.12. The van der Waals surface area contributed by atoms with Gasteiger partial charge in [-0.25, -0.2) is 0 Å². The van der Waals surface area contributed by atoms with Crippen molar-refractivity contribution in [1.29, 1.82) is 0 Å². The molecule has 3 rings (SSSR count). The standard InChI is InChI=1S/C14H19NO4S/c1-15-11-4-5-17-9-14(11)20(16)10-2-3-12-13(8-10)19-7-6-18-12/h2-3,8,11,14-15H,4-7,9H2,1H3. The van der Waals surface area contributed by atoms with Crippen LogP contribution in [0, 0.1) is 0 Å². The average molecular weight is 297 g/mol. The smallest absolute Gasteiger partial charge is 0.162 e. The van der Waals surface area contributed by atoms with Gasteiger partial charge < -0.3 is 19.5 Å². The Bertz CT molecular complexity index is 508. The third-order valence-electron chi connectivity index (χ3n) is 3.70. The van der Waals surface area contributed by atoms with Gasteiger partial charge in [-0.3, -0.25) is 4.21 Å². The molecule has 5 nitrogen and oxygen atoms in total. The van der Waals surface area contributed by atoms with Gasteiger partial charge in [0.05, 0.1) is 22.7 Å². The molecule has 3 atom stereocenters. The second-order valence-electron chi connectivity index (χ2n) is 4.90. The first-order valence-electron chi connectivity index (χ1n) is 6.85. The summed E-state index contributed by atoms with van der Waals surface area (Å²) in [5.74, 6) is 1.40. The number of fused-ring (bicyclic) bond motifs is 1. The summed E-state index contributed by atoms with van der Waals surface area (Å²) in [5.41, 5.74) is 0. The highest BCUT2D eigenvalue weighted by molar-refractivity contribution is 7.85. The quantitative estimate of drug-likeness (QED) is 0.900. The van der Waals surface area contributed by atoms with Gasteiger partial charge >= 0.3 is 0 Å². The molecular weight excluding hydrogens is 278 g/mol. The molecular formula is C14H19NO4S. The van der Waals surface area contributed by atoms with E-state index in [1.807, 2.05) is 25.2 Å². The van der Waals surface area contributed by atoms with Gasteiger partial charge in [0.2, 0.25) is 0 Å². The van der Waals surface area contributed by atoms with Crippen LogP contribution in [0.2, 0.25) is 0 Å². The third-order valence-corrected chi connectivity index (χ3v) is 5.43. The largest absolute Gasteiger partial charge is 0.486 e. The lowest BCUT2D eigenvalue weighted by atomic mass is 10.1. The van der Waals surface area contributed by atoms with Crippen LogP contribution in [-0.2, 0) is 15.5 Å². The molecule has 0 spiro atoms. The fourth-order valence-corrected chi connectivity index (χ4v) is 4.14. The van der Waals surface area contributed by atoms with Crippen molar-refractivity contribution in [3.63, 3.8) is 0 Å². The number of ether oxygens (including phenoxy) is 3. The van der Waals surface area contributed by atoms with E-state index < -0.39 is 10.8 Å². The molecule has 1 saturated heterocycles. The van der Waals surface area contributed by atoms with Crippen molar-refractivity contribution in [2.75, 3.05) is 33.5 Å². The number of benzene rings is 1. The Hall–Kier alpha value is -1.11. The van der Waals surface area contributed by atoms with Gasteiger partial charge in [0.15, 0.2) is 11.5 Å². The summed E-state index contributed by atoms with van der Waals surface area (Å²) < 4.78 is 29.3. The molecule has 0 aromatic heterocycles. The summed E-state index contributed by atoms with van der Waals surface area (Å²) in [7, 11) is 0.786. The lowest BCUT2D eigenvalue weighted by molar-refractivity contribution is 0.0838. The Labute approximate surface area is 121 Å². The van der Waals surface area contributed by atoms with Gasteiger partial charge in [0.1, 0.15) is 13.2 Å². The highest BCUT2D eigenvalue weighted by Gasteiger charge is 2.31. The normalized spacial score (nSPS) is 27.1. The van der Waals surface area contributed by atoms with Crippen molar-refractivity contribution in [3.05, 3.63) is 18.2 Å². The Balaban J connectivity index is 1.82. The molecule has 1 fully saturated rings. The molecule has 0 radical (unpaired) electrons. The van der Waals surface area contributed by atoms with Gasteiger partial charge in [-0.05, 0) is 25.6 Å². The van der Waals surface area contributed by atoms with E-state index in [9.17, 15) is 4.21 Å². The number of nitrogens with one attached hydrogen (secondary N) is 1. The summed E-state index contributed by atoms with van der Waals surface area (Å²) in [6.07, 6.45) is 0.886. The third kappa shape index (κ3) is 2.68. The molecule has 2 aliphatic heterocycles. The minimum absolute atomic E-state index is 0.0312. The van der Waals surface area contributed by atoms with Gasteiger partial charge in [0, 0.05) is 23.6 Å². The fourth-order valence-electron chi connectivity index (χ4n) is 2.58.